The maximum atomic E-state index is 11.7. The number of halogens is 1. The van der Waals surface area contributed by atoms with Gasteiger partial charge in [-0.25, -0.2) is 4.79 Å². The average Bonchev–Trinajstić information content (AvgIpc) is 2.40. The Labute approximate surface area is 142 Å². The molecule has 1 aliphatic carbocycles. The lowest BCUT2D eigenvalue weighted by atomic mass is 9.86. The zero-order valence-electron chi connectivity index (χ0n) is 14.1. The van der Waals surface area contributed by atoms with E-state index in [1.54, 1.807) is 7.11 Å². The van der Waals surface area contributed by atoms with Gasteiger partial charge in [0.2, 0.25) is 0 Å². The van der Waals surface area contributed by atoms with Crippen molar-refractivity contribution in [2.45, 2.75) is 57.8 Å². The van der Waals surface area contributed by atoms with Crippen LogP contribution < -0.4 is 15.4 Å². The number of hydrogen-bond donors (Lipinski definition) is 2. The van der Waals surface area contributed by atoms with Crippen molar-refractivity contribution in [3.05, 3.63) is 28.8 Å². The molecular weight excluding hydrogens is 316 g/mol. The van der Waals surface area contributed by atoms with Gasteiger partial charge >= 0.3 is 6.09 Å². The van der Waals surface area contributed by atoms with Crippen LogP contribution in [0.3, 0.4) is 0 Å². The smallest absolute Gasteiger partial charge is 0.407 e. The van der Waals surface area contributed by atoms with Crippen LogP contribution in [0.1, 0.15) is 39.2 Å². The van der Waals surface area contributed by atoms with Crippen LogP contribution in [0.4, 0.5) is 4.79 Å². The number of benzene rings is 1. The van der Waals surface area contributed by atoms with E-state index in [4.69, 9.17) is 21.1 Å². The highest BCUT2D eigenvalue weighted by atomic mass is 35.5. The largest absolute Gasteiger partial charge is 0.496 e. The van der Waals surface area contributed by atoms with E-state index in [1.807, 2.05) is 39.0 Å². The molecule has 0 bridgehead atoms. The van der Waals surface area contributed by atoms with Crippen molar-refractivity contribution in [1.82, 2.24) is 10.6 Å². The minimum atomic E-state index is -0.466. The van der Waals surface area contributed by atoms with Crippen LogP contribution in [0.15, 0.2) is 18.2 Å². The summed E-state index contributed by atoms with van der Waals surface area (Å²) >= 11 is 6.22. The summed E-state index contributed by atoms with van der Waals surface area (Å²) in [6.07, 6.45) is 1.41. The van der Waals surface area contributed by atoms with Crippen LogP contribution in [-0.4, -0.2) is 30.9 Å². The molecule has 0 aromatic heterocycles. The third kappa shape index (κ3) is 5.29. The highest BCUT2D eigenvalue weighted by molar-refractivity contribution is 6.31. The number of carbonyl (C=O) groups excluding carboxylic acids is 1. The van der Waals surface area contributed by atoms with Gasteiger partial charge in [0.1, 0.15) is 11.4 Å². The van der Waals surface area contributed by atoms with Gasteiger partial charge in [-0.2, -0.15) is 0 Å². The Balaban J connectivity index is 1.74. The molecule has 0 spiro atoms. The molecule has 23 heavy (non-hydrogen) atoms. The van der Waals surface area contributed by atoms with Gasteiger partial charge in [0.05, 0.1) is 7.11 Å². The predicted molar refractivity (Wildman–Crippen MR) is 91.0 cm³/mol. The summed E-state index contributed by atoms with van der Waals surface area (Å²) in [6, 6.07) is 6.14. The Bertz CT molecular complexity index is 551. The Morgan fingerprint density at radius 1 is 1.30 bits per heavy atom. The number of rotatable bonds is 5. The molecule has 0 radical (unpaired) electrons. The van der Waals surface area contributed by atoms with Crippen LogP contribution in [0, 0.1) is 0 Å². The van der Waals surface area contributed by atoms with E-state index < -0.39 is 5.60 Å². The van der Waals surface area contributed by atoms with E-state index in [0.29, 0.717) is 17.6 Å². The van der Waals surface area contributed by atoms with E-state index >= 15 is 0 Å². The van der Waals surface area contributed by atoms with Gasteiger partial charge in [0, 0.05) is 29.2 Å². The number of hydrogen-bond acceptors (Lipinski definition) is 4. The first kappa shape index (κ1) is 17.9. The molecule has 0 aliphatic heterocycles. The fourth-order valence-electron chi connectivity index (χ4n) is 2.52. The standard InChI is InChI=1S/C17H25ClN2O3/c1-17(2,3)23-16(21)20-12-8-11(9-12)19-10-13-14(18)6-5-7-15(13)22-4/h5-7,11-12,19H,8-10H2,1-4H3,(H,20,21). The fourth-order valence-corrected chi connectivity index (χ4v) is 2.76. The molecule has 0 unspecified atom stereocenters. The molecule has 1 saturated carbocycles. The third-order valence-electron chi connectivity index (χ3n) is 3.72. The molecule has 6 heteroatoms. The summed E-state index contributed by atoms with van der Waals surface area (Å²) < 4.78 is 10.6. The van der Waals surface area contributed by atoms with Crippen molar-refractivity contribution >= 4 is 17.7 Å². The zero-order chi connectivity index (χ0) is 17.0. The number of alkyl carbamates (subject to hydrolysis) is 1. The summed E-state index contributed by atoms with van der Waals surface area (Å²) in [4.78, 5) is 11.7. The molecule has 5 nitrogen and oxygen atoms in total. The van der Waals surface area contributed by atoms with Gasteiger partial charge < -0.3 is 20.1 Å². The maximum absolute atomic E-state index is 11.7. The van der Waals surface area contributed by atoms with E-state index in [9.17, 15) is 4.79 Å². The zero-order valence-corrected chi connectivity index (χ0v) is 14.9. The second-order valence-corrected chi connectivity index (χ2v) is 7.22. The molecular formula is C17H25ClN2O3. The first-order valence-electron chi connectivity index (χ1n) is 7.83. The summed E-state index contributed by atoms with van der Waals surface area (Å²) in [7, 11) is 1.64. The molecule has 1 fully saturated rings. The Morgan fingerprint density at radius 3 is 2.61 bits per heavy atom. The van der Waals surface area contributed by atoms with Crippen LogP contribution in [0.5, 0.6) is 5.75 Å². The molecule has 2 N–H and O–H groups in total. The molecule has 128 valence electrons. The normalized spacial score (nSPS) is 20.6. The minimum absolute atomic E-state index is 0.162. The summed E-state index contributed by atoms with van der Waals surface area (Å²) in [5, 5.41) is 7.02. The van der Waals surface area contributed by atoms with Crippen molar-refractivity contribution < 1.29 is 14.3 Å². The molecule has 1 amide bonds. The van der Waals surface area contributed by atoms with E-state index in [0.717, 1.165) is 24.2 Å². The highest BCUT2D eigenvalue weighted by Crippen LogP contribution is 2.27. The lowest BCUT2D eigenvalue weighted by Crippen LogP contribution is -2.53. The van der Waals surface area contributed by atoms with Crippen molar-refractivity contribution in [2.24, 2.45) is 0 Å². The molecule has 1 aromatic carbocycles. The van der Waals surface area contributed by atoms with Gasteiger partial charge in [0.25, 0.3) is 0 Å². The first-order chi connectivity index (χ1) is 10.8. The van der Waals surface area contributed by atoms with Gasteiger partial charge in [-0.1, -0.05) is 17.7 Å². The van der Waals surface area contributed by atoms with Gasteiger partial charge in [0.15, 0.2) is 0 Å². The van der Waals surface area contributed by atoms with Crippen molar-refractivity contribution in [3.63, 3.8) is 0 Å². The molecule has 0 saturated heterocycles. The van der Waals surface area contributed by atoms with Gasteiger partial charge in [-0.05, 0) is 45.7 Å². The van der Waals surface area contributed by atoms with Crippen LogP contribution in [0.25, 0.3) is 0 Å². The highest BCUT2D eigenvalue weighted by Gasteiger charge is 2.31. The SMILES string of the molecule is COc1cccc(Cl)c1CNC1CC(NC(=O)OC(C)(C)C)C1. The number of amides is 1. The number of methoxy groups -OCH3 is 1. The lowest BCUT2D eigenvalue weighted by molar-refractivity contribution is 0.0465. The quantitative estimate of drug-likeness (QED) is 0.861. The average molecular weight is 341 g/mol. The van der Waals surface area contributed by atoms with E-state index in [2.05, 4.69) is 10.6 Å². The number of nitrogens with one attached hydrogen (secondary N) is 2. The molecule has 1 aromatic rings. The van der Waals surface area contributed by atoms with Gasteiger partial charge in [-0.15, -0.1) is 0 Å². The summed E-state index contributed by atoms with van der Waals surface area (Å²) in [5.74, 6) is 0.785. The second-order valence-electron chi connectivity index (χ2n) is 6.81. The third-order valence-corrected chi connectivity index (χ3v) is 4.08. The second kappa shape index (κ2) is 7.41. The summed E-state index contributed by atoms with van der Waals surface area (Å²) in [6.45, 7) is 6.21. The Kier molecular flexibility index (Phi) is 5.76. The first-order valence-corrected chi connectivity index (χ1v) is 8.20. The lowest BCUT2D eigenvalue weighted by Gasteiger charge is -2.37. The predicted octanol–water partition coefficient (Wildman–Crippen LogP) is 3.49. The fraction of sp³-hybridized carbons (Fsp3) is 0.588. The van der Waals surface area contributed by atoms with Crippen LogP contribution >= 0.6 is 11.6 Å². The Hall–Kier alpha value is -1.46. The number of ether oxygens (including phenoxy) is 2. The van der Waals surface area contributed by atoms with E-state index in [-0.39, 0.29) is 12.1 Å². The molecule has 0 atom stereocenters. The Morgan fingerprint density at radius 2 is 2.00 bits per heavy atom. The number of carbonyl (C=O) groups is 1. The van der Waals surface area contributed by atoms with Crippen molar-refractivity contribution in [1.29, 1.82) is 0 Å². The van der Waals surface area contributed by atoms with Crippen LogP contribution in [0.2, 0.25) is 5.02 Å². The molecule has 1 aliphatic rings. The van der Waals surface area contributed by atoms with Crippen molar-refractivity contribution in [2.75, 3.05) is 7.11 Å². The molecule has 0 heterocycles. The monoisotopic (exact) mass is 340 g/mol. The van der Waals surface area contributed by atoms with Crippen LogP contribution in [-0.2, 0) is 11.3 Å². The maximum Gasteiger partial charge on any atom is 0.407 e. The van der Waals surface area contributed by atoms with Gasteiger partial charge in [-0.3, -0.25) is 0 Å². The topological polar surface area (TPSA) is 59.6 Å². The van der Waals surface area contributed by atoms with E-state index in [1.165, 1.54) is 0 Å². The molecule has 2 rings (SSSR count). The minimum Gasteiger partial charge on any atom is -0.496 e. The van der Waals surface area contributed by atoms with Crippen molar-refractivity contribution in [3.8, 4) is 5.75 Å². The summed E-state index contributed by atoms with van der Waals surface area (Å²) in [5.41, 5.74) is 0.492.